The van der Waals surface area contributed by atoms with Crippen molar-refractivity contribution < 1.29 is 24.1 Å². The van der Waals surface area contributed by atoms with E-state index in [4.69, 9.17) is 18.9 Å². The van der Waals surface area contributed by atoms with Crippen molar-refractivity contribution >= 4 is 0 Å². The van der Waals surface area contributed by atoms with Crippen molar-refractivity contribution in [2.75, 3.05) is 35.0 Å². The second-order valence-corrected chi connectivity index (χ2v) is 6.98. The number of methoxy groups -OCH3 is 4. The Labute approximate surface area is 159 Å². The first-order valence-electron chi connectivity index (χ1n) is 9.01. The number of benzene rings is 2. The van der Waals surface area contributed by atoms with Crippen LogP contribution in [0.4, 0.5) is 0 Å². The molecule has 2 aromatic carbocycles. The molecule has 0 unspecified atom stereocenters. The Hall–Kier alpha value is -2.44. The summed E-state index contributed by atoms with van der Waals surface area (Å²) < 4.78 is 21.8. The minimum Gasteiger partial charge on any atom is -0.493 e. The fourth-order valence-electron chi connectivity index (χ4n) is 4.27. The van der Waals surface area contributed by atoms with Gasteiger partial charge in [-0.2, -0.15) is 0 Å². The third-order valence-electron chi connectivity index (χ3n) is 5.65. The lowest BCUT2D eigenvalue weighted by atomic mass is 9.82. The molecule has 0 fully saturated rings. The van der Waals surface area contributed by atoms with E-state index in [-0.39, 0.29) is 6.04 Å². The summed E-state index contributed by atoms with van der Waals surface area (Å²) in [7, 11) is 6.55. The molecule has 4 rings (SSSR count). The molecule has 0 spiro atoms. The molecule has 6 nitrogen and oxygen atoms in total. The number of aliphatic hydroxyl groups is 1. The zero-order chi connectivity index (χ0) is 19.1. The minimum atomic E-state index is -0.558. The van der Waals surface area contributed by atoms with Gasteiger partial charge < -0.3 is 24.1 Å². The summed E-state index contributed by atoms with van der Waals surface area (Å²) in [5.74, 6) is 2.81. The topological polar surface area (TPSA) is 60.4 Å². The molecule has 0 radical (unpaired) electrons. The molecule has 0 bridgehead atoms. The van der Waals surface area contributed by atoms with E-state index in [9.17, 15) is 5.11 Å². The molecular formula is C21H25NO5. The Morgan fingerprint density at radius 3 is 1.89 bits per heavy atom. The van der Waals surface area contributed by atoms with Gasteiger partial charge in [0.2, 0.25) is 0 Å². The van der Waals surface area contributed by atoms with E-state index in [0.29, 0.717) is 18.0 Å². The molecule has 0 aromatic heterocycles. The number of hydrogen-bond donors (Lipinski definition) is 1. The Kier molecular flexibility index (Phi) is 4.61. The van der Waals surface area contributed by atoms with E-state index in [2.05, 4.69) is 11.0 Å². The van der Waals surface area contributed by atoms with Crippen molar-refractivity contribution in [3.63, 3.8) is 0 Å². The van der Waals surface area contributed by atoms with Gasteiger partial charge in [-0.1, -0.05) is 0 Å². The highest BCUT2D eigenvalue weighted by Crippen LogP contribution is 2.46. The highest BCUT2D eigenvalue weighted by molar-refractivity contribution is 5.53. The molecular weight excluding hydrogens is 346 g/mol. The molecule has 2 heterocycles. The predicted molar refractivity (Wildman–Crippen MR) is 101 cm³/mol. The van der Waals surface area contributed by atoms with Crippen LogP contribution in [0, 0.1) is 0 Å². The van der Waals surface area contributed by atoms with Gasteiger partial charge in [-0.25, -0.2) is 0 Å². The van der Waals surface area contributed by atoms with Crippen molar-refractivity contribution in [1.82, 2.24) is 4.90 Å². The molecule has 27 heavy (non-hydrogen) atoms. The van der Waals surface area contributed by atoms with Gasteiger partial charge in [0.25, 0.3) is 0 Å². The summed E-state index contributed by atoms with van der Waals surface area (Å²) in [5, 5.41) is 10.7. The van der Waals surface area contributed by atoms with Crippen LogP contribution in [-0.2, 0) is 13.0 Å². The number of aliphatic hydroxyl groups excluding tert-OH is 1. The third-order valence-corrected chi connectivity index (χ3v) is 5.65. The first-order valence-corrected chi connectivity index (χ1v) is 9.01. The first kappa shape index (κ1) is 17.9. The monoisotopic (exact) mass is 371 g/mol. The van der Waals surface area contributed by atoms with Crippen LogP contribution >= 0.6 is 0 Å². The van der Waals surface area contributed by atoms with Gasteiger partial charge in [0, 0.05) is 19.1 Å². The van der Waals surface area contributed by atoms with E-state index in [0.717, 1.165) is 35.6 Å². The number of fused-ring (bicyclic) bond motifs is 4. The summed E-state index contributed by atoms with van der Waals surface area (Å²) in [6.07, 6.45) is 0.281. The lowest BCUT2D eigenvalue weighted by Gasteiger charge is -2.43. The summed E-state index contributed by atoms with van der Waals surface area (Å²) in [5.41, 5.74) is 4.45. The zero-order valence-electron chi connectivity index (χ0n) is 16.1. The second kappa shape index (κ2) is 6.94. The number of ether oxygens (including phenoxy) is 4. The van der Waals surface area contributed by atoms with Gasteiger partial charge in [-0.15, -0.1) is 0 Å². The maximum atomic E-state index is 10.7. The summed E-state index contributed by atoms with van der Waals surface area (Å²) >= 11 is 0. The van der Waals surface area contributed by atoms with Crippen LogP contribution < -0.4 is 18.9 Å². The van der Waals surface area contributed by atoms with Crippen LogP contribution in [-0.4, -0.2) is 45.0 Å². The lowest BCUT2D eigenvalue weighted by molar-refractivity contribution is 0.0544. The number of hydrogen-bond acceptors (Lipinski definition) is 6. The van der Waals surface area contributed by atoms with Gasteiger partial charge in [-0.3, -0.25) is 4.90 Å². The average Bonchev–Trinajstić information content (AvgIpc) is 2.70. The second-order valence-electron chi connectivity index (χ2n) is 6.98. The fraction of sp³-hybridized carbons (Fsp3) is 0.429. The molecule has 2 aromatic rings. The standard InChI is InChI=1S/C21H25NO5/c1-24-18-6-12-5-16-14-8-20(26-3)21(27-4)9-15(14)17(23)11-22(16)10-13(12)7-19(18)25-2/h6-9,16-17,23H,5,10-11H2,1-4H3/t16-,17+/m0/s1. The third kappa shape index (κ3) is 2.89. The largest absolute Gasteiger partial charge is 0.493 e. The maximum Gasteiger partial charge on any atom is 0.161 e. The molecule has 2 atom stereocenters. The molecule has 1 N–H and O–H groups in total. The molecule has 144 valence electrons. The van der Waals surface area contributed by atoms with Crippen LogP contribution in [0.5, 0.6) is 23.0 Å². The van der Waals surface area contributed by atoms with E-state index in [1.54, 1.807) is 28.4 Å². The Bertz CT molecular complexity index is 866. The first-order chi connectivity index (χ1) is 13.1. The molecule has 0 saturated heterocycles. The quantitative estimate of drug-likeness (QED) is 0.892. The summed E-state index contributed by atoms with van der Waals surface area (Å²) in [6, 6.07) is 8.19. The lowest BCUT2D eigenvalue weighted by Crippen LogP contribution is -2.41. The number of nitrogens with zero attached hydrogens (tertiary/aromatic N) is 1. The fourth-order valence-corrected chi connectivity index (χ4v) is 4.27. The Morgan fingerprint density at radius 2 is 1.30 bits per heavy atom. The van der Waals surface area contributed by atoms with Crippen LogP contribution in [0.15, 0.2) is 24.3 Å². The van der Waals surface area contributed by atoms with Gasteiger partial charge in [-0.05, 0) is 52.9 Å². The van der Waals surface area contributed by atoms with Crippen molar-refractivity contribution in [2.45, 2.75) is 25.1 Å². The van der Waals surface area contributed by atoms with Crippen LogP contribution in [0.25, 0.3) is 0 Å². The molecule has 0 aliphatic carbocycles. The molecule has 0 amide bonds. The highest BCUT2D eigenvalue weighted by atomic mass is 16.5. The van der Waals surface area contributed by atoms with Crippen molar-refractivity contribution in [1.29, 1.82) is 0 Å². The van der Waals surface area contributed by atoms with Gasteiger partial charge in [0.05, 0.1) is 34.5 Å². The van der Waals surface area contributed by atoms with Crippen molar-refractivity contribution in [2.24, 2.45) is 0 Å². The Balaban J connectivity index is 1.78. The minimum absolute atomic E-state index is 0.175. The van der Waals surface area contributed by atoms with Gasteiger partial charge in [0.15, 0.2) is 23.0 Å². The van der Waals surface area contributed by atoms with E-state index in [1.807, 2.05) is 18.2 Å². The normalized spacial score (nSPS) is 20.9. The predicted octanol–water partition coefficient (Wildman–Crippen LogP) is 2.87. The van der Waals surface area contributed by atoms with Crippen molar-refractivity contribution in [3.05, 3.63) is 46.5 Å². The summed E-state index contributed by atoms with van der Waals surface area (Å²) in [6.45, 7) is 1.34. The van der Waals surface area contributed by atoms with E-state index < -0.39 is 6.10 Å². The van der Waals surface area contributed by atoms with E-state index >= 15 is 0 Å². The van der Waals surface area contributed by atoms with Crippen molar-refractivity contribution in [3.8, 4) is 23.0 Å². The smallest absolute Gasteiger partial charge is 0.161 e. The average molecular weight is 371 g/mol. The molecule has 0 saturated carbocycles. The van der Waals surface area contributed by atoms with Crippen LogP contribution in [0.1, 0.15) is 34.4 Å². The molecule has 2 aliphatic rings. The molecule has 2 aliphatic heterocycles. The van der Waals surface area contributed by atoms with Crippen LogP contribution in [0.3, 0.4) is 0 Å². The van der Waals surface area contributed by atoms with Crippen LogP contribution in [0.2, 0.25) is 0 Å². The zero-order valence-corrected chi connectivity index (χ0v) is 16.1. The maximum absolute atomic E-state index is 10.7. The highest BCUT2D eigenvalue weighted by Gasteiger charge is 2.37. The van der Waals surface area contributed by atoms with Gasteiger partial charge in [0.1, 0.15) is 0 Å². The number of rotatable bonds is 4. The van der Waals surface area contributed by atoms with Gasteiger partial charge >= 0.3 is 0 Å². The van der Waals surface area contributed by atoms with E-state index in [1.165, 1.54) is 11.1 Å². The molecule has 6 heteroatoms. The summed E-state index contributed by atoms with van der Waals surface area (Å²) in [4.78, 5) is 2.31. The SMILES string of the molecule is COc1cc2c(cc1OC)CN1C[C@@H](O)c3cc(OC)c(OC)cc3[C@@H]1C2. The Morgan fingerprint density at radius 1 is 0.778 bits per heavy atom.